The number of Topliss-reactive ketones (excluding diaryl/α,β-unsaturated/α-hetero) is 2. The van der Waals surface area contributed by atoms with Crippen LogP contribution in [0, 0.1) is 37.0 Å². The van der Waals surface area contributed by atoms with Crippen molar-refractivity contribution < 1.29 is 23.9 Å². The Bertz CT molecular complexity index is 1090. The van der Waals surface area contributed by atoms with Gasteiger partial charge in [-0.1, -0.05) is 32.9 Å². The van der Waals surface area contributed by atoms with Crippen molar-refractivity contribution in [3.05, 3.63) is 66.3 Å². The first-order valence-corrected chi connectivity index (χ1v) is 9.99. The van der Waals surface area contributed by atoms with Crippen molar-refractivity contribution in [2.75, 3.05) is 0 Å². The second-order valence-electron chi connectivity index (χ2n) is 8.52. The van der Waals surface area contributed by atoms with Gasteiger partial charge in [0, 0.05) is 12.5 Å². The summed E-state index contributed by atoms with van der Waals surface area (Å²) in [6, 6.07) is 0. The van der Waals surface area contributed by atoms with Crippen molar-refractivity contribution in [3.8, 4) is 0 Å². The van der Waals surface area contributed by atoms with Gasteiger partial charge in [-0.15, -0.1) is 0 Å². The number of amidine groups is 1. The van der Waals surface area contributed by atoms with Crippen LogP contribution in [0.3, 0.4) is 0 Å². The van der Waals surface area contributed by atoms with Crippen LogP contribution in [-0.2, 0) is 14.0 Å². The van der Waals surface area contributed by atoms with E-state index in [4.69, 9.17) is 4.43 Å². The fourth-order valence-electron chi connectivity index (χ4n) is 4.48. The van der Waals surface area contributed by atoms with Crippen molar-refractivity contribution in [3.63, 3.8) is 0 Å². The third-order valence-corrected chi connectivity index (χ3v) is 6.04. The summed E-state index contributed by atoms with van der Waals surface area (Å²) in [5, 5.41) is 23.8. The Hall–Kier alpha value is -3.21. The van der Waals surface area contributed by atoms with Gasteiger partial charge in [-0.2, -0.15) is 0 Å². The summed E-state index contributed by atoms with van der Waals surface area (Å²) >= 11 is 0. The third kappa shape index (κ3) is 2.65. The standard InChI is InChI=1S/C19H21N3O7Si/c1-8-6-7-19-10(13(8)21(25)26)9(2)20-17(22(27)28)12(19)15(29-30)14(23)11(16(19)24)18(3,4)5/h6-7,11H,1-5,30H3. The number of ketones is 2. The van der Waals surface area contributed by atoms with E-state index in [1.165, 1.54) is 26.0 Å². The van der Waals surface area contributed by atoms with Crippen molar-refractivity contribution in [1.29, 1.82) is 0 Å². The number of rotatable bonds is 2. The van der Waals surface area contributed by atoms with Crippen molar-refractivity contribution in [1.82, 2.24) is 0 Å². The lowest BCUT2D eigenvalue weighted by Crippen LogP contribution is -2.55. The Morgan fingerprint density at radius 3 is 2.20 bits per heavy atom. The molecule has 0 aromatic rings. The molecule has 2 unspecified atom stereocenters. The number of nitrogens with zero attached hydrogens (tertiary/aromatic N) is 3. The Balaban J connectivity index is 2.57. The lowest BCUT2D eigenvalue weighted by Gasteiger charge is -2.44. The highest BCUT2D eigenvalue weighted by molar-refractivity contribution is 6.25. The largest absolute Gasteiger partial charge is 0.550 e. The highest BCUT2D eigenvalue weighted by Crippen LogP contribution is 2.56. The van der Waals surface area contributed by atoms with E-state index in [1.807, 2.05) is 0 Å². The smallest absolute Gasteiger partial charge is 0.372 e. The van der Waals surface area contributed by atoms with Crippen LogP contribution >= 0.6 is 0 Å². The molecular formula is C19H21N3O7Si. The average Bonchev–Trinajstić information content (AvgIpc) is 2.61. The monoisotopic (exact) mass is 431 g/mol. The van der Waals surface area contributed by atoms with Crippen molar-refractivity contribution in [2.45, 2.75) is 34.6 Å². The fourth-order valence-corrected chi connectivity index (χ4v) is 4.88. The molecule has 11 heteroatoms. The summed E-state index contributed by atoms with van der Waals surface area (Å²) in [5.74, 6) is -3.53. The van der Waals surface area contributed by atoms with E-state index in [9.17, 15) is 29.8 Å². The first-order chi connectivity index (χ1) is 13.8. The Morgan fingerprint density at radius 2 is 1.73 bits per heavy atom. The highest BCUT2D eigenvalue weighted by atomic mass is 28.2. The molecule has 1 heterocycles. The second kappa shape index (κ2) is 6.66. The van der Waals surface area contributed by atoms with Gasteiger partial charge in [0.2, 0.25) is 16.3 Å². The van der Waals surface area contributed by atoms with Crippen LogP contribution in [-0.4, -0.2) is 37.7 Å². The molecule has 0 radical (unpaired) electrons. The molecule has 0 fully saturated rings. The Kier molecular flexibility index (Phi) is 4.77. The van der Waals surface area contributed by atoms with Crippen molar-refractivity contribution in [2.24, 2.45) is 21.7 Å². The predicted molar refractivity (Wildman–Crippen MR) is 109 cm³/mol. The molecule has 10 nitrogen and oxygen atoms in total. The number of hydrogen-bond acceptors (Lipinski definition) is 8. The van der Waals surface area contributed by atoms with Gasteiger partial charge in [0.15, 0.2) is 17.2 Å². The molecule has 158 valence electrons. The van der Waals surface area contributed by atoms with E-state index in [2.05, 4.69) is 4.99 Å². The first-order valence-electron chi connectivity index (χ1n) is 9.17. The normalized spacial score (nSPS) is 26.6. The maximum Gasteiger partial charge on any atom is 0.372 e. The molecule has 0 amide bonds. The van der Waals surface area contributed by atoms with Gasteiger partial charge in [0.1, 0.15) is 11.0 Å². The molecule has 0 bridgehead atoms. The number of hydrogen-bond donors (Lipinski definition) is 0. The summed E-state index contributed by atoms with van der Waals surface area (Å²) in [4.78, 5) is 53.5. The molecule has 1 aliphatic heterocycles. The van der Waals surface area contributed by atoms with Gasteiger partial charge in [-0.05, 0) is 22.3 Å². The molecule has 0 N–H and O–H groups in total. The van der Waals surface area contributed by atoms with Gasteiger partial charge < -0.3 is 14.5 Å². The molecule has 30 heavy (non-hydrogen) atoms. The summed E-state index contributed by atoms with van der Waals surface area (Å²) < 4.78 is 5.42. The zero-order chi connectivity index (χ0) is 22.8. The maximum absolute atomic E-state index is 13.9. The molecule has 1 spiro atoms. The molecule has 3 aliphatic rings. The first kappa shape index (κ1) is 21.5. The summed E-state index contributed by atoms with van der Waals surface area (Å²) in [6.07, 6.45) is 2.81. The highest BCUT2D eigenvalue weighted by Gasteiger charge is 2.66. The van der Waals surface area contributed by atoms with Gasteiger partial charge in [-0.25, -0.2) is 0 Å². The quantitative estimate of drug-likeness (QED) is 0.278. The van der Waals surface area contributed by atoms with E-state index >= 15 is 0 Å². The molecule has 0 saturated heterocycles. The number of carbonyl (C=O) groups excluding carboxylic acids is 2. The number of carbonyl (C=O) groups is 2. The Labute approximate surface area is 174 Å². The van der Waals surface area contributed by atoms with Crippen LogP contribution in [0.2, 0.25) is 0 Å². The molecule has 2 atom stereocenters. The molecule has 3 rings (SSSR count). The summed E-state index contributed by atoms with van der Waals surface area (Å²) in [6.45, 7) is 8.00. The third-order valence-electron chi connectivity index (χ3n) is 5.63. The van der Waals surface area contributed by atoms with Crippen LogP contribution in [0.5, 0.6) is 0 Å². The molecule has 0 aromatic heterocycles. The van der Waals surface area contributed by atoms with Crippen LogP contribution in [0.15, 0.2) is 51.0 Å². The van der Waals surface area contributed by atoms with E-state index in [0.29, 0.717) is 0 Å². The Morgan fingerprint density at radius 1 is 1.13 bits per heavy atom. The minimum absolute atomic E-state index is 0.0103. The van der Waals surface area contributed by atoms with Crippen molar-refractivity contribution >= 4 is 27.9 Å². The molecular weight excluding hydrogens is 410 g/mol. The lowest BCUT2D eigenvalue weighted by atomic mass is 9.55. The van der Waals surface area contributed by atoms with Gasteiger partial charge in [-0.3, -0.25) is 19.7 Å². The van der Waals surface area contributed by atoms with Crippen LogP contribution in [0.1, 0.15) is 34.6 Å². The van der Waals surface area contributed by atoms with Crippen LogP contribution in [0.25, 0.3) is 0 Å². The second-order valence-corrected chi connectivity index (χ2v) is 8.93. The number of nitro groups is 2. The molecule has 0 aromatic carbocycles. The summed E-state index contributed by atoms with van der Waals surface area (Å²) in [7, 11) is 0.0188. The minimum Gasteiger partial charge on any atom is -0.550 e. The number of allylic oxidation sites excluding steroid dienone is 6. The fraction of sp³-hybridized carbons (Fsp3) is 0.421. The van der Waals surface area contributed by atoms with Gasteiger partial charge in [0.25, 0.3) is 5.70 Å². The van der Waals surface area contributed by atoms with E-state index < -0.39 is 44.0 Å². The maximum atomic E-state index is 13.9. The van der Waals surface area contributed by atoms with E-state index in [-0.39, 0.29) is 44.4 Å². The molecule has 2 aliphatic carbocycles. The molecule has 0 saturated carbocycles. The van der Waals surface area contributed by atoms with Gasteiger partial charge in [0.05, 0.1) is 16.4 Å². The predicted octanol–water partition coefficient (Wildman–Crippen LogP) is 1.42. The van der Waals surface area contributed by atoms with E-state index in [0.717, 1.165) is 0 Å². The van der Waals surface area contributed by atoms with Crippen LogP contribution in [0.4, 0.5) is 0 Å². The SMILES string of the molecule is CC1=C([N+](=O)[O-])C2=C(C)N=C([N+](=O)[O-])C3=C(O[SiH3])C(=O)C(C(C)(C)C)C(=O)C23C=C1. The minimum atomic E-state index is -1.89. The zero-order valence-corrected chi connectivity index (χ0v) is 19.4. The number of aliphatic imine (C=N–C) groups is 1. The zero-order valence-electron chi connectivity index (χ0n) is 17.4. The van der Waals surface area contributed by atoms with Gasteiger partial charge >= 0.3 is 5.84 Å². The topological polar surface area (TPSA) is 142 Å². The summed E-state index contributed by atoms with van der Waals surface area (Å²) in [5.41, 5.74) is -3.17. The average molecular weight is 431 g/mol. The van der Waals surface area contributed by atoms with Crippen LogP contribution < -0.4 is 0 Å². The lowest BCUT2D eigenvalue weighted by molar-refractivity contribution is -0.423. The van der Waals surface area contributed by atoms with E-state index in [1.54, 1.807) is 20.8 Å².